The van der Waals surface area contributed by atoms with Crippen molar-refractivity contribution in [1.82, 2.24) is 15.3 Å². The van der Waals surface area contributed by atoms with Crippen molar-refractivity contribution in [1.29, 1.82) is 0 Å². The Morgan fingerprint density at radius 1 is 1.11 bits per heavy atom. The summed E-state index contributed by atoms with van der Waals surface area (Å²) in [5, 5.41) is 10.4. The van der Waals surface area contributed by atoms with Crippen molar-refractivity contribution < 1.29 is 22.8 Å². The monoisotopic (exact) mass is 556 g/mol. The second-order valence-electron chi connectivity index (χ2n) is 9.50. The number of carbonyl (C=O) groups is 1. The molecule has 0 radical (unpaired) electrons. The number of thiazole rings is 1. The van der Waals surface area contributed by atoms with Gasteiger partial charge in [0.15, 0.2) is 26.8 Å². The number of aromatic nitrogens is 2. The second kappa shape index (κ2) is 10.6. The van der Waals surface area contributed by atoms with Crippen molar-refractivity contribution >= 4 is 54.1 Å². The van der Waals surface area contributed by atoms with Crippen LogP contribution >= 0.6 is 11.3 Å². The molecule has 2 saturated heterocycles. The van der Waals surface area contributed by atoms with Gasteiger partial charge < -0.3 is 19.8 Å². The number of hydrogen-bond acceptors (Lipinski definition) is 11. The Morgan fingerprint density at radius 2 is 1.89 bits per heavy atom. The predicted molar refractivity (Wildman–Crippen MR) is 145 cm³/mol. The fourth-order valence-corrected chi connectivity index (χ4v) is 6.89. The van der Waals surface area contributed by atoms with Gasteiger partial charge in [-0.2, -0.15) is 0 Å². The van der Waals surface area contributed by atoms with Gasteiger partial charge in [-0.15, -0.1) is 0 Å². The van der Waals surface area contributed by atoms with Crippen molar-refractivity contribution in [3.05, 3.63) is 42.0 Å². The molecule has 1 aromatic carbocycles. The second-order valence-corrected chi connectivity index (χ2v) is 12.7. The Hall–Kier alpha value is -3.13. The van der Waals surface area contributed by atoms with E-state index >= 15 is 0 Å². The van der Waals surface area contributed by atoms with Crippen molar-refractivity contribution in [2.75, 3.05) is 49.6 Å². The number of anilines is 2. The van der Waals surface area contributed by atoms with Crippen LogP contribution in [0.4, 0.5) is 10.9 Å². The van der Waals surface area contributed by atoms with Crippen LogP contribution in [-0.4, -0.2) is 80.8 Å². The molecule has 3 aliphatic rings. The molecule has 0 spiro atoms. The zero-order valence-corrected chi connectivity index (χ0v) is 22.3. The highest BCUT2D eigenvalue weighted by molar-refractivity contribution is 7.92. The number of rotatable bonds is 8. The number of hydrogen-bond donors (Lipinski definition) is 2. The maximum Gasteiger partial charge on any atom is 0.280 e. The lowest BCUT2D eigenvalue weighted by Crippen LogP contribution is -2.43. The molecule has 4 heterocycles. The van der Waals surface area contributed by atoms with Crippen LogP contribution in [0.25, 0.3) is 10.3 Å². The summed E-state index contributed by atoms with van der Waals surface area (Å²) in [7, 11) is -3.34. The smallest absolute Gasteiger partial charge is 0.280 e. The number of carbonyl (C=O) groups excluding carboxylic acids is 1. The van der Waals surface area contributed by atoms with E-state index in [4.69, 9.17) is 14.6 Å². The van der Waals surface area contributed by atoms with E-state index in [0.29, 0.717) is 48.7 Å². The average Bonchev–Trinajstić information content (AvgIpc) is 3.54. The fourth-order valence-electron chi connectivity index (χ4n) is 4.41. The van der Waals surface area contributed by atoms with Gasteiger partial charge in [0.25, 0.3) is 5.91 Å². The molecule has 1 aliphatic carbocycles. The van der Waals surface area contributed by atoms with Crippen LogP contribution in [0.5, 0.6) is 0 Å². The molecule has 1 saturated carbocycles. The molecular weight excluding hydrogens is 528 g/mol. The summed E-state index contributed by atoms with van der Waals surface area (Å²) in [6.07, 6.45) is 1.80. The fraction of sp³-hybridized carbons (Fsp3) is 0.440. The van der Waals surface area contributed by atoms with Gasteiger partial charge in [0.05, 0.1) is 23.4 Å². The summed E-state index contributed by atoms with van der Waals surface area (Å²) in [6.45, 7) is 4.56. The van der Waals surface area contributed by atoms with E-state index in [-0.39, 0.29) is 22.0 Å². The molecule has 13 heteroatoms. The quantitative estimate of drug-likeness (QED) is 0.316. The number of oxime groups is 1. The molecule has 3 aromatic rings. The van der Waals surface area contributed by atoms with Crippen molar-refractivity contribution in [2.24, 2.45) is 5.16 Å². The van der Waals surface area contributed by atoms with Crippen LogP contribution < -0.4 is 15.5 Å². The molecule has 2 aromatic heterocycles. The third kappa shape index (κ3) is 5.37. The zero-order valence-electron chi connectivity index (χ0n) is 20.6. The van der Waals surface area contributed by atoms with E-state index < -0.39 is 15.7 Å². The molecule has 2 N–H and O–H groups in total. The van der Waals surface area contributed by atoms with Gasteiger partial charge in [0.1, 0.15) is 16.2 Å². The number of fused-ring (bicyclic) bond motifs is 1. The van der Waals surface area contributed by atoms with Gasteiger partial charge in [-0.3, -0.25) is 10.1 Å². The number of benzene rings is 1. The maximum absolute atomic E-state index is 13.4. The highest BCUT2D eigenvalue weighted by atomic mass is 32.2. The molecule has 38 heavy (non-hydrogen) atoms. The number of ether oxygens (including phenoxy) is 1. The maximum atomic E-state index is 13.4. The molecule has 0 unspecified atom stereocenters. The van der Waals surface area contributed by atoms with Gasteiger partial charge in [-0.25, -0.2) is 18.4 Å². The predicted octanol–water partition coefficient (Wildman–Crippen LogP) is 2.19. The van der Waals surface area contributed by atoms with Gasteiger partial charge in [-0.1, -0.05) is 28.6 Å². The Morgan fingerprint density at radius 3 is 2.61 bits per heavy atom. The molecule has 1 amide bonds. The molecule has 1 atom stereocenters. The first-order valence-electron chi connectivity index (χ1n) is 12.7. The van der Waals surface area contributed by atoms with E-state index in [1.165, 1.54) is 23.5 Å². The van der Waals surface area contributed by atoms with Crippen molar-refractivity contribution in [3.63, 3.8) is 0 Å². The summed E-state index contributed by atoms with van der Waals surface area (Å²) < 4.78 is 30.5. The number of pyridine rings is 1. The summed E-state index contributed by atoms with van der Waals surface area (Å²) in [6, 6.07) is 10.1. The van der Waals surface area contributed by atoms with Crippen LogP contribution in [0, 0.1) is 0 Å². The lowest BCUT2D eigenvalue weighted by molar-refractivity contribution is -0.110. The van der Waals surface area contributed by atoms with Crippen LogP contribution in [0.3, 0.4) is 0 Å². The largest absolute Gasteiger partial charge is 0.389 e. The molecule has 0 bridgehead atoms. The van der Waals surface area contributed by atoms with Crippen LogP contribution in [0.15, 0.2) is 46.4 Å². The lowest BCUT2D eigenvalue weighted by atomic mass is 10.1. The number of nitrogens with zero attached hydrogens (tertiary/aromatic N) is 4. The van der Waals surface area contributed by atoms with Gasteiger partial charge in [0, 0.05) is 38.2 Å². The Kier molecular flexibility index (Phi) is 6.99. The molecule has 2 aliphatic heterocycles. The third-order valence-corrected chi connectivity index (χ3v) is 9.88. The normalized spacial score (nSPS) is 20.6. The van der Waals surface area contributed by atoms with Gasteiger partial charge in [0.2, 0.25) is 0 Å². The topological polar surface area (TPSA) is 135 Å². The Bertz CT molecular complexity index is 1460. The van der Waals surface area contributed by atoms with E-state index in [2.05, 4.69) is 25.7 Å². The lowest BCUT2D eigenvalue weighted by Gasteiger charge is -2.28. The molecule has 200 valence electrons. The van der Waals surface area contributed by atoms with E-state index in [1.807, 2.05) is 12.1 Å². The molecule has 6 rings (SSSR count). The summed E-state index contributed by atoms with van der Waals surface area (Å²) in [5.74, 6) is 0.374. The van der Waals surface area contributed by atoms with E-state index in [0.717, 1.165) is 36.8 Å². The highest BCUT2D eigenvalue weighted by Crippen LogP contribution is 2.33. The standard InChI is InChI=1S/C25H28N6O5S2/c32-23(29-25-27-20-7-8-21(28-24(20)37-25)31-12-10-26-11-13-31)22(30-36-17-9-14-35-15-17)16-1-3-18(4-2-16)38(33,34)19-5-6-19/h1-4,7-8,17,19,26H,5-6,9-15H2,(H,27,29,32)/t17-/m1/s1. The molecule has 3 fully saturated rings. The summed E-state index contributed by atoms with van der Waals surface area (Å²) >= 11 is 1.28. The minimum Gasteiger partial charge on any atom is -0.389 e. The minimum atomic E-state index is -3.34. The molecule has 11 nitrogen and oxygen atoms in total. The Labute approximate surface area is 224 Å². The highest BCUT2D eigenvalue weighted by Gasteiger charge is 2.37. The SMILES string of the molecule is O=C(Nc1nc2ccc(N3CCNCC3)nc2s1)C(=NO[C@@H]1CCOC1)c1ccc(S(=O)(=O)C2CC2)cc1. The zero-order chi connectivity index (χ0) is 26.1. The van der Waals surface area contributed by atoms with Crippen molar-refractivity contribution in [3.8, 4) is 0 Å². The van der Waals surface area contributed by atoms with E-state index in [1.54, 1.807) is 12.1 Å². The van der Waals surface area contributed by atoms with Gasteiger partial charge in [-0.05, 0) is 37.1 Å². The van der Waals surface area contributed by atoms with Crippen LogP contribution in [0.1, 0.15) is 24.8 Å². The molecular formula is C25H28N6O5S2. The van der Waals surface area contributed by atoms with Crippen LogP contribution in [0.2, 0.25) is 0 Å². The minimum absolute atomic E-state index is 0.0287. The van der Waals surface area contributed by atoms with Crippen LogP contribution in [-0.2, 0) is 24.2 Å². The number of nitrogens with one attached hydrogen (secondary N) is 2. The first-order chi connectivity index (χ1) is 18.5. The van der Waals surface area contributed by atoms with E-state index in [9.17, 15) is 13.2 Å². The first-order valence-corrected chi connectivity index (χ1v) is 15.0. The number of amides is 1. The average molecular weight is 557 g/mol. The summed E-state index contributed by atoms with van der Waals surface area (Å²) in [4.78, 5) is 31.4. The Balaban J connectivity index is 1.23. The summed E-state index contributed by atoms with van der Waals surface area (Å²) in [5.41, 5.74) is 1.16. The third-order valence-electron chi connectivity index (χ3n) is 6.72. The number of piperazine rings is 1. The number of sulfone groups is 1. The van der Waals surface area contributed by atoms with Crippen molar-refractivity contribution in [2.45, 2.75) is 35.5 Å². The van der Waals surface area contributed by atoms with Gasteiger partial charge >= 0.3 is 0 Å². The first kappa shape index (κ1) is 25.2.